The van der Waals surface area contributed by atoms with Crippen molar-refractivity contribution in [2.45, 2.75) is 20.0 Å². The van der Waals surface area contributed by atoms with Crippen LogP contribution in [0.15, 0.2) is 23.0 Å². The van der Waals surface area contributed by atoms with Crippen molar-refractivity contribution in [3.05, 3.63) is 23.0 Å². The number of allylic oxidation sites excluding steroid dienone is 2. The molecule has 0 amide bonds. The molecule has 0 saturated carbocycles. The van der Waals surface area contributed by atoms with E-state index in [2.05, 4.69) is 5.32 Å². The highest BCUT2D eigenvalue weighted by Crippen LogP contribution is 2.36. The van der Waals surface area contributed by atoms with Crippen molar-refractivity contribution < 1.29 is 18.0 Å². The summed E-state index contributed by atoms with van der Waals surface area (Å²) < 4.78 is 37.0. The van der Waals surface area contributed by atoms with Crippen LogP contribution in [0.3, 0.4) is 0 Å². The molecule has 16 heavy (non-hydrogen) atoms. The van der Waals surface area contributed by atoms with Gasteiger partial charge in [0.15, 0.2) is 0 Å². The number of hydrogen-bond acceptors (Lipinski definition) is 2. The third-order valence-corrected chi connectivity index (χ3v) is 2.62. The van der Waals surface area contributed by atoms with E-state index in [9.17, 15) is 18.0 Å². The number of Topliss-reactive ketones (excluding diaryl/α,β-unsaturated/α-hetero) is 1. The van der Waals surface area contributed by atoms with Crippen LogP contribution < -0.4 is 5.32 Å². The quantitative estimate of drug-likeness (QED) is 0.820. The lowest BCUT2D eigenvalue weighted by molar-refractivity contribution is -0.167. The number of alkyl halides is 3. The van der Waals surface area contributed by atoms with Gasteiger partial charge in [-0.25, -0.2) is 0 Å². The Morgan fingerprint density at radius 1 is 1.44 bits per heavy atom. The van der Waals surface area contributed by atoms with Crippen molar-refractivity contribution in [2.75, 3.05) is 0 Å². The summed E-state index contributed by atoms with van der Waals surface area (Å²) in [5, 5.41) is 2.66. The first-order valence-corrected chi connectivity index (χ1v) is 5.06. The monoisotopic (exact) mass is 253 g/mol. The molecule has 1 atom stereocenters. The van der Waals surface area contributed by atoms with Crippen molar-refractivity contribution in [3.63, 3.8) is 0 Å². The second kappa shape index (κ2) is 4.49. The van der Waals surface area contributed by atoms with E-state index in [1.807, 2.05) is 0 Å². The van der Waals surface area contributed by atoms with Gasteiger partial charge >= 0.3 is 6.18 Å². The lowest BCUT2D eigenvalue weighted by Crippen LogP contribution is -2.32. The molecule has 0 bridgehead atoms. The van der Waals surface area contributed by atoms with Crippen LogP contribution in [0, 0.1) is 11.8 Å². The largest absolute Gasteiger partial charge is 0.454 e. The average molecular weight is 254 g/mol. The van der Waals surface area contributed by atoms with Gasteiger partial charge in [-0.05, 0) is 5.92 Å². The van der Waals surface area contributed by atoms with Gasteiger partial charge in [0.05, 0.1) is 0 Å². The van der Waals surface area contributed by atoms with E-state index >= 15 is 0 Å². The Balaban J connectivity index is 3.04. The molecule has 2 nitrogen and oxygen atoms in total. The molecule has 0 aromatic heterocycles. The molecule has 0 spiro atoms. The number of dihydropyridines is 1. The fourth-order valence-electron chi connectivity index (χ4n) is 1.59. The van der Waals surface area contributed by atoms with E-state index < -0.39 is 17.9 Å². The van der Waals surface area contributed by atoms with Gasteiger partial charge in [0, 0.05) is 28.9 Å². The number of rotatable bonds is 2. The first-order valence-electron chi connectivity index (χ1n) is 4.68. The highest BCUT2D eigenvalue weighted by molar-refractivity contribution is 6.30. The smallest absolute Gasteiger partial charge is 0.366 e. The van der Waals surface area contributed by atoms with Gasteiger partial charge in [-0.15, -0.1) is 0 Å². The number of carbonyl (C=O) groups is 1. The van der Waals surface area contributed by atoms with Gasteiger partial charge in [-0.1, -0.05) is 25.4 Å². The van der Waals surface area contributed by atoms with Crippen molar-refractivity contribution in [1.82, 2.24) is 5.32 Å². The summed E-state index contributed by atoms with van der Waals surface area (Å²) in [6.45, 7) is 3.42. The van der Waals surface area contributed by atoms with E-state index in [-0.39, 0.29) is 16.5 Å². The highest BCUT2D eigenvalue weighted by atomic mass is 35.5. The Hall–Kier alpha value is -0.970. The molecule has 0 saturated heterocycles. The Bertz CT molecular complexity index is 358. The van der Waals surface area contributed by atoms with Crippen LogP contribution in [0.2, 0.25) is 0 Å². The van der Waals surface area contributed by atoms with E-state index in [0.717, 1.165) is 6.20 Å². The fourth-order valence-corrected chi connectivity index (χ4v) is 2.02. The average Bonchev–Trinajstić information content (AvgIpc) is 2.14. The zero-order valence-electron chi connectivity index (χ0n) is 8.73. The predicted molar refractivity (Wildman–Crippen MR) is 54.5 cm³/mol. The van der Waals surface area contributed by atoms with Crippen molar-refractivity contribution in [3.8, 4) is 0 Å². The summed E-state index contributed by atoms with van der Waals surface area (Å²) in [7, 11) is 0. The summed E-state index contributed by atoms with van der Waals surface area (Å²) >= 11 is 5.80. The lowest BCUT2D eigenvalue weighted by Gasteiger charge is -2.26. The minimum atomic E-state index is -4.87. The third-order valence-electron chi connectivity index (χ3n) is 2.28. The van der Waals surface area contributed by atoms with Crippen LogP contribution in [0.25, 0.3) is 0 Å². The molecule has 90 valence electrons. The topological polar surface area (TPSA) is 29.1 Å². The van der Waals surface area contributed by atoms with Gasteiger partial charge in [0.1, 0.15) is 0 Å². The molecule has 0 fully saturated rings. The van der Waals surface area contributed by atoms with E-state index in [0.29, 0.717) is 0 Å². The van der Waals surface area contributed by atoms with Crippen molar-refractivity contribution in [1.29, 1.82) is 0 Å². The van der Waals surface area contributed by atoms with Gasteiger partial charge in [0.25, 0.3) is 5.78 Å². The molecular weight excluding hydrogens is 243 g/mol. The highest BCUT2D eigenvalue weighted by Gasteiger charge is 2.44. The summed E-state index contributed by atoms with van der Waals surface area (Å²) in [4.78, 5) is 11.2. The molecular formula is C10H11ClF3NO. The van der Waals surface area contributed by atoms with Gasteiger partial charge < -0.3 is 5.32 Å². The van der Waals surface area contributed by atoms with Crippen LogP contribution >= 0.6 is 11.6 Å². The van der Waals surface area contributed by atoms with Crippen LogP contribution in [0.1, 0.15) is 13.8 Å². The normalized spacial score (nSPS) is 21.3. The van der Waals surface area contributed by atoms with E-state index in [4.69, 9.17) is 11.6 Å². The molecule has 6 heteroatoms. The van der Waals surface area contributed by atoms with E-state index in [1.54, 1.807) is 13.8 Å². The Morgan fingerprint density at radius 2 is 2.00 bits per heavy atom. The first kappa shape index (κ1) is 13.1. The number of nitrogens with one attached hydrogen (secondary N) is 1. The molecule has 1 N–H and O–H groups in total. The maximum atomic E-state index is 12.3. The third kappa shape index (κ3) is 2.58. The maximum Gasteiger partial charge on any atom is 0.454 e. The SMILES string of the molecule is CC(C)C1C(Cl)=CNC=C1C(=O)C(F)(F)F. The lowest BCUT2D eigenvalue weighted by atomic mass is 9.85. The van der Waals surface area contributed by atoms with Crippen LogP contribution in [0.5, 0.6) is 0 Å². The molecule has 1 rings (SSSR count). The Kier molecular flexibility index (Phi) is 3.68. The summed E-state index contributed by atoms with van der Waals surface area (Å²) in [6, 6.07) is 0. The second-order valence-electron chi connectivity index (χ2n) is 3.84. The molecule has 0 aromatic carbocycles. The summed E-state index contributed by atoms with van der Waals surface area (Å²) in [6.07, 6.45) is -2.42. The minimum absolute atomic E-state index is 0.177. The van der Waals surface area contributed by atoms with Gasteiger partial charge in [0.2, 0.25) is 0 Å². The second-order valence-corrected chi connectivity index (χ2v) is 4.28. The summed E-state index contributed by atoms with van der Waals surface area (Å²) in [5.74, 6) is -2.72. The molecule has 1 aliphatic heterocycles. The van der Waals surface area contributed by atoms with Crippen LogP contribution in [-0.2, 0) is 4.79 Å². The zero-order chi connectivity index (χ0) is 12.5. The fraction of sp³-hybridized carbons (Fsp3) is 0.500. The maximum absolute atomic E-state index is 12.3. The van der Waals surface area contributed by atoms with Crippen molar-refractivity contribution >= 4 is 17.4 Å². The standard InChI is InChI=1S/C10H11ClF3NO/c1-5(2)8-6(3-15-4-7(8)11)9(16)10(12,13)14/h3-5,8,15H,1-2H3. The molecule has 0 aliphatic carbocycles. The van der Waals surface area contributed by atoms with Crippen molar-refractivity contribution in [2.24, 2.45) is 11.8 Å². The zero-order valence-corrected chi connectivity index (χ0v) is 9.49. The molecule has 1 aliphatic rings. The first-order chi connectivity index (χ1) is 7.25. The summed E-state index contributed by atoms with van der Waals surface area (Å²) in [5.41, 5.74) is -0.338. The van der Waals surface area contributed by atoms with Crippen LogP contribution in [0.4, 0.5) is 13.2 Å². The Labute approximate surface area is 96.1 Å². The number of carbonyl (C=O) groups excluding carboxylic acids is 1. The van der Waals surface area contributed by atoms with E-state index in [1.165, 1.54) is 6.20 Å². The number of ketones is 1. The molecule has 0 radical (unpaired) electrons. The Morgan fingerprint density at radius 3 is 2.44 bits per heavy atom. The number of hydrogen-bond donors (Lipinski definition) is 1. The predicted octanol–water partition coefficient (Wildman–Crippen LogP) is 2.96. The van der Waals surface area contributed by atoms with Gasteiger partial charge in [-0.3, -0.25) is 4.79 Å². The molecule has 0 aromatic rings. The molecule has 1 unspecified atom stereocenters. The van der Waals surface area contributed by atoms with Crippen LogP contribution in [-0.4, -0.2) is 12.0 Å². The van der Waals surface area contributed by atoms with Gasteiger partial charge in [-0.2, -0.15) is 13.2 Å². The minimum Gasteiger partial charge on any atom is -0.366 e. The number of halogens is 4. The molecule has 1 heterocycles.